The molecule has 1 unspecified atom stereocenters. The van der Waals surface area contributed by atoms with Gasteiger partial charge in [0.25, 0.3) is 5.91 Å². The van der Waals surface area contributed by atoms with Gasteiger partial charge in [0.2, 0.25) is 5.91 Å². The molecule has 1 aromatic rings. The van der Waals surface area contributed by atoms with Crippen LogP contribution in [0, 0.1) is 5.92 Å². The number of carbonyl (C=O) groups excluding carboxylic acids is 3. The Labute approximate surface area is 170 Å². The zero-order valence-electron chi connectivity index (χ0n) is 16.5. The summed E-state index contributed by atoms with van der Waals surface area (Å²) >= 11 is 6.05. The fourth-order valence-corrected chi connectivity index (χ4v) is 3.28. The van der Waals surface area contributed by atoms with E-state index in [2.05, 4.69) is 0 Å². The number of hydrogen-bond donors (Lipinski definition) is 0. The van der Waals surface area contributed by atoms with Crippen LogP contribution < -0.4 is 4.74 Å². The van der Waals surface area contributed by atoms with Gasteiger partial charge in [-0.15, -0.1) is 0 Å². The first-order chi connectivity index (χ1) is 13.3. The number of benzene rings is 1. The summed E-state index contributed by atoms with van der Waals surface area (Å²) in [5.74, 6) is -0.400. The Bertz CT molecular complexity index is 704. The molecule has 1 aliphatic rings. The van der Waals surface area contributed by atoms with Crippen LogP contribution in [-0.4, -0.2) is 67.0 Å². The van der Waals surface area contributed by atoms with E-state index in [1.165, 1.54) is 4.90 Å². The second-order valence-electron chi connectivity index (χ2n) is 6.79. The van der Waals surface area contributed by atoms with Crippen molar-refractivity contribution in [3.05, 3.63) is 29.3 Å². The summed E-state index contributed by atoms with van der Waals surface area (Å²) in [7, 11) is 1.57. The lowest BCUT2D eigenvalue weighted by molar-refractivity contribution is -0.151. The van der Waals surface area contributed by atoms with E-state index in [0.717, 1.165) is 0 Å². The second kappa shape index (κ2) is 10.3. The van der Waals surface area contributed by atoms with E-state index in [4.69, 9.17) is 21.1 Å². The average molecular weight is 411 g/mol. The maximum atomic E-state index is 12.5. The van der Waals surface area contributed by atoms with Crippen LogP contribution in [0.15, 0.2) is 24.3 Å². The largest absolute Gasteiger partial charge is 0.479 e. The third-order valence-electron chi connectivity index (χ3n) is 4.70. The van der Waals surface area contributed by atoms with Gasteiger partial charge in [-0.05, 0) is 38.8 Å². The SMILES string of the molecule is CCOC(=O)C1CCN(C(=O)CN(C)C(=O)C(C)Oc2ccccc2Cl)CC1. The van der Waals surface area contributed by atoms with Gasteiger partial charge < -0.3 is 19.3 Å². The lowest BCUT2D eigenvalue weighted by Gasteiger charge is -2.32. The van der Waals surface area contributed by atoms with Gasteiger partial charge in [0.15, 0.2) is 6.10 Å². The molecule has 0 saturated carbocycles. The van der Waals surface area contributed by atoms with Gasteiger partial charge in [-0.25, -0.2) is 0 Å². The third-order valence-corrected chi connectivity index (χ3v) is 5.02. The van der Waals surface area contributed by atoms with Crippen LogP contribution in [0.1, 0.15) is 26.7 Å². The molecule has 1 saturated heterocycles. The quantitative estimate of drug-likeness (QED) is 0.645. The van der Waals surface area contributed by atoms with Gasteiger partial charge in [-0.1, -0.05) is 23.7 Å². The number of likely N-dealkylation sites (N-methyl/N-ethyl adjacent to an activating group) is 1. The molecule has 28 heavy (non-hydrogen) atoms. The molecule has 1 aromatic carbocycles. The number of ether oxygens (including phenoxy) is 2. The van der Waals surface area contributed by atoms with E-state index in [1.54, 1.807) is 50.1 Å². The predicted octanol–water partition coefficient (Wildman–Crippen LogP) is 2.37. The Morgan fingerprint density at radius 2 is 1.89 bits per heavy atom. The summed E-state index contributed by atoms with van der Waals surface area (Å²) in [6, 6.07) is 6.91. The highest BCUT2D eigenvalue weighted by molar-refractivity contribution is 6.32. The average Bonchev–Trinajstić information content (AvgIpc) is 2.69. The molecule has 0 N–H and O–H groups in total. The Morgan fingerprint density at radius 1 is 1.25 bits per heavy atom. The Hall–Kier alpha value is -2.28. The molecule has 154 valence electrons. The number of halogens is 1. The topological polar surface area (TPSA) is 76.2 Å². The van der Waals surface area contributed by atoms with Crippen LogP contribution in [0.4, 0.5) is 0 Å². The number of rotatable bonds is 7. The molecule has 2 rings (SSSR count). The van der Waals surface area contributed by atoms with Gasteiger partial charge >= 0.3 is 5.97 Å². The summed E-state index contributed by atoms with van der Waals surface area (Å²) in [6.07, 6.45) is 0.384. The molecule has 7 nitrogen and oxygen atoms in total. The fraction of sp³-hybridized carbons (Fsp3) is 0.550. The van der Waals surface area contributed by atoms with Crippen LogP contribution in [0.2, 0.25) is 5.02 Å². The second-order valence-corrected chi connectivity index (χ2v) is 7.20. The number of amides is 2. The highest BCUT2D eigenvalue weighted by Crippen LogP contribution is 2.24. The van der Waals surface area contributed by atoms with Crippen molar-refractivity contribution >= 4 is 29.4 Å². The van der Waals surface area contributed by atoms with Crippen LogP contribution in [0.25, 0.3) is 0 Å². The van der Waals surface area contributed by atoms with Gasteiger partial charge in [0.05, 0.1) is 24.1 Å². The van der Waals surface area contributed by atoms with Crippen molar-refractivity contribution < 1.29 is 23.9 Å². The number of hydrogen-bond acceptors (Lipinski definition) is 5. The van der Waals surface area contributed by atoms with E-state index in [-0.39, 0.29) is 30.2 Å². The molecule has 0 spiro atoms. The fourth-order valence-electron chi connectivity index (χ4n) is 3.10. The van der Waals surface area contributed by atoms with Crippen LogP contribution in [0.5, 0.6) is 5.75 Å². The standard InChI is InChI=1S/C20H27ClN2O5/c1-4-27-20(26)15-9-11-23(12-10-15)18(24)13-22(3)19(25)14(2)28-17-8-6-5-7-16(17)21/h5-8,14-15H,4,9-13H2,1-3H3. The first kappa shape index (κ1) is 22.0. The zero-order valence-corrected chi connectivity index (χ0v) is 17.3. The summed E-state index contributed by atoms with van der Waals surface area (Å²) in [6.45, 7) is 4.68. The summed E-state index contributed by atoms with van der Waals surface area (Å²) < 4.78 is 10.7. The normalized spacial score (nSPS) is 15.6. The Kier molecular flexibility index (Phi) is 8.11. The smallest absolute Gasteiger partial charge is 0.309 e. The molecule has 0 radical (unpaired) electrons. The number of esters is 1. The van der Waals surface area contributed by atoms with E-state index < -0.39 is 6.10 Å². The summed E-state index contributed by atoms with van der Waals surface area (Å²) in [5.41, 5.74) is 0. The molecule has 1 heterocycles. The lowest BCUT2D eigenvalue weighted by atomic mass is 9.97. The Balaban J connectivity index is 1.82. The van der Waals surface area contributed by atoms with Crippen LogP contribution >= 0.6 is 11.6 Å². The predicted molar refractivity (Wildman–Crippen MR) is 105 cm³/mol. The first-order valence-electron chi connectivity index (χ1n) is 9.44. The number of para-hydroxylation sites is 1. The minimum Gasteiger partial charge on any atom is -0.479 e. The monoisotopic (exact) mass is 410 g/mol. The van der Waals surface area contributed by atoms with Gasteiger partial charge in [-0.2, -0.15) is 0 Å². The molecule has 0 aromatic heterocycles. The highest BCUT2D eigenvalue weighted by atomic mass is 35.5. The van der Waals surface area contributed by atoms with Crippen molar-refractivity contribution in [1.82, 2.24) is 9.80 Å². The number of likely N-dealkylation sites (tertiary alicyclic amines) is 1. The van der Waals surface area contributed by atoms with Crippen molar-refractivity contribution in [2.75, 3.05) is 33.3 Å². The molecule has 8 heteroatoms. The van der Waals surface area contributed by atoms with E-state index in [1.807, 2.05) is 0 Å². The van der Waals surface area contributed by atoms with Crippen molar-refractivity contribution in [2.45, 2.75) is 32.8 Å². The zero-order chi connectivity index (χ0) is 20.7. The van der Waals surface area contributed by atoms with Gasteiger partial charge in [-0.3, -0.25) is 14.4 Å². The van der Waals surface area contributed by atoms with Gasteiger partial charge in [0, 0.05) is 20.1 Å². The molecule has 0 bridgehead atoms. The first-order valence-corrected chi connectivity index (χ1v) is 9.81. The van der Waals surface area contributed by atoms with Crippen molar-refractivity contribution in [3.8, 4) is 5.75 Å². The summed E-state index contributed by atoms with van der Waals surface area (Å²) in [4.78, 5) is 39.8. The molecular formula is C20H27ClN2O5. The Morgan fingerprint density at radius 3 is 2.50 bits per heavy atom. The molecule has 1 atom stereocenters. The van der Waals surface area contributed by atoms with E-state index in [9.17, 15) is 14.4 Å². The molecule has 2 amide bonds. The van der Waals surface area contributed by atoms with Crippen molar-refractivity contribution in [3.63, 3.8) is 0 Å². The number of carbonyl (C=O) groups is 3. The maximum absolute atomic E-state index is 12.5. The van der Waals surface area contributed by atoms with Crippen molar-refractivity contribution in [2.24, 2.45) is 5.92 Å². The van der Waals surface area contributed by atoms with Crippen LogP contribution in [0.3, 0.4) is 0 Å². The number of nitrogens with zero attached hydrogens (tertiary/aromatic N) is 2. The minimum atomic E-state index is -0.771. The maximum Gasteiger partial charge on any atom is 0.309 e. The highest BCUT2D eigenvalue weighted by Gasteiger charge is 2.29. The minimum absolute atomic E-state index is 0.0425. The summed E-state index contributed by atoms with van der Waals surface area (Å²) in [5, 5.41) is 0.422. The molecule has 1 aliphatic heterocycles. The van der Waals surface area contributed by atoms with Gasteiger partial charge in [0.1, 0.15) is 5.75 Å². The molecular weight excluding hydrogens is 384 g/mol. The molecule has 0 aliphatic carbocycles. The number of piperidine rings is 1. The van der Waals surface area contributed by atoms with Crippen molar-refractivity contribution in [1.29, 1.82) is 0 Å². The van der Waals surface area contributed by atoms with E-state index in [0.29, 0.717) is 43.3 Å². The third kappa shape index (κ3) is 5.86. The van der Waals surface area contributed by atoms with E-state index >= 15 is 0 Å². The molecule has 1 fully saturated rings. The lowest BCUT2D eigenvalue weighted by Crippen LogP contribution is -2.47. The van der Waals surface area contributed by atoms with Crippen LogP contribution in [-0.2, 0) is 19.1 Å².